The second-order valence-electron chi connectivity index (χ2n) is 4.61. The minimum Gasteiger partial charge on any atom is -0.418 e. The molecular weight excluding hydrogens is 212 g/mol. The third-order valence-corrected chi connectivity index (χ3v) is 3.00. The lowest BCUT2D eigenvalue weighted by Crippen LogP contribution is -1.91. The predicted molar refractivity (Wildman–Crippen MR) is 67.9 cm³/mol. The van der Waals surface area contributed by atoms with E-state index < -0.39 is 0 Å². The summed E-state index contributed by atoms with van der Waals surface area (Å²) in [6, 6.07) is 6.27. The molecule has 2 heterocycles. The molecule has 1 aliphatic rings. The Bertz CT molecular complexity index is 623. The van der Waals surface area contributed by atoms with Crippen LogP contribution in [-0.4, -0.2) is 10.7 Å². The van der Waals surface area contributed by atoms with E-state index in [4.69, 9.17) is 4.42 Å². The molecule has 0 atom stereocenters. The van der Waals surface area contributed by atoms with Crippen molar-refractivity contribution in [1.82, 2.24) is 4.98 Å². The van der Waals surface area contributed by atoms with E-state index in [1.807, 2.05) is 6.92 Å². The molecule has 1 aromatic carbocycles. The molecule has 17 heavy (non-hydrogen) atoms. The van der Waals surface area contributed by atoms with Gasteiger partial charge in [0.15, 0.2) is 0 Å². The van der Waals surface area contributed by atoms with Crippen molar-refractivity contribution < 1.29 is 4.42 Å². The molecule has 0 unspecified atom stereocenters. The number of benzene rings is 1. The number of hydrogen-bond donors (Lipinski definition) is 0. The van der Waals surface area contributed by atoms with E-state index in [-0.39, 0.29) is 0 Å². The van der Waals surface area contributed by atoms with Crippen LogP contribution in [-0.2, 0) is 6.42 Å². The van der Waals surface area contributed by atoms with Gasteiger partial charge in [0.25, 0.3) is 0 Å². The van der Waals surface area contributed by atoms with E-state index in [9.17, 15) is 0 Å². The lowest BCUT2D eigenvalue weighted by Gasteiger charge is -2.02. The highest BCUT2D eigenvalue weighted by Gasteiger charge is 2.20. The minimum atomic E-state index is 0.678. The first-order valence-electron chi connectivity index (χ1n) is 5.75. The van der Waals surface area contributed by atoms with Gasteiger partial charge in [-0.2, -0.15) is 0 Å². The Balaban J connectivity index is 2.08. The topological polar surface area (TPSA) is 38.4 Å². The zero-order chi connectivity index (χ0) is 12.0. The number of aliphatic imine (C=N–C) groups is 1. The van der Waals surface area contributed by atoms with Crippen LogP contribution in [0.25, 0.3) is 11.5 Å². The molecule has 0 saturated carbocycles. The van der Waals surface area contributed by atoms with Crippen molar-refractivity contribution in [1.29, 1.82) is 0 Å². The summed E-state index contributed by atoms with van der Waals surface area (Å²) in [4.78, 5) is 8.85. The van der Waals surface area contributed by atoms with Gasteiger partial charge in [0.05, 0.1) is 0 Å². The smallest absolute Gasteiger partial charge is 0.243 e. The molecule has 3 rings (SSSR count). The van der Waals surface area contributed by atoms with Crippen molar-refractivity contribution in [2.75, 3.05) is 0 Å². The quantitative estimate of drug-likeness (QED) is 0.745. The van der Waals surface area contributed by atoms with E-state index in [1.54, 1.807) is 0 Å². The van der Waals surface area contributed by atoms with Gasteiger partial charge in [0.1, 0.15) is 5.69 Å². The largest absolute Gasteiger partial charge is 0.418 e. The van der Waals surface area contributed by atoms with Gasteiger partial charge in [-0.3, -0.25) is 0 Å². The van der Waals surface area contributed by atoms with Crippen LogP contribution in [0.1, 0.15) is 23.7 Å². The maximum absolute atomic E-state index is 5.70. The Kier molecular flexibility index (Phi) is 2.15. The minimum absolute atomic E-state index is 0.678. The average molecular weight is 226 g/mol. The van der Waals surface area contributed by atoms with Gasteiger partial charge < -0.3 is 4.42 Å². The van der Waals surface area contributed by atoms with Gasteiger partial charge in [-0.25, -0.2) is 9.98 Å². The van der Waals surface area contributed by atoms with Gasteiger partial charge in [-0.1, -0.05) is 17.7 Å². The molecule has 0 amide bonds. The number of oxazole rings is 1. The first kappa shape index (κ1) is 10.3. The third kappa shape index (κ3) is 1.68. The number of aryl methyl sites for hydroxylation is 2. The molecule has 3 heteroatoms. The van der Waals surface area contributed by atoms with Gasteiger partial charge in [-0.05, 0) is 32.4 Å². The summed E-state index contributed by atoms with van der Waals surface area (Å²) in [6.45, 7) is 6.15. The molecule has 0 spiro atoms. The van der Waals surface area contributed by atoms with Crippen molar-refractivity contribution in [3.8, 4) is 11.5 Å². The Hall–Kier alpha value is -1.90. The van der Waals surface area contributed by atoms with E-state index in [0.717, 1.165) is 23.4 Å². The highest BCUT2D eigenvalue weighted by molar-refractivity contribution is 5.90. The van der Waals surface area contributed by atoms with E-state index in [2.05, 4.69) is 42.0 Å². The molecule has 0 radical (unpaired) electrons. The van der Waals surface area contributed by atoms with Crippen molar-refractivity contribution >= 4 is 11.6 Å². The number of nitrogens with zero attached hydrogens (tertiary/aromatic N) is 2. The summed E-state index contributed by atoms with van der Waals surface area (Å²) in [5.41, 5.74) is 5.51. The summed E-state index contributed by atoms with van der Waals surface area (Å²) < 4.78 is 5.70. The highest BCUT2D eigenvalue weighted by Crippen LogP contribution is 2.33. The van der Waals surface area contributed by atoms with Crippen molar-refractivity contribution in [2.24, 2.45) is 4.99 Å². The fraction of sp³-hybridized carbons (Fsp3) is 0.286. The lowest BCUT2D eigenvalue weighted by molar-refractivity contribution is 0.584. The highest BCUT2D eigenvalue weighted by atomic mass is 16.4. The second-order valence-corrected chi connectivity index (χ2v) is 4.61. The second kappa shape index (κ2) is 3.55. The van der Waals surface area contributed by atoms with Crippen LogP contribution < -0.4 is 0 Å². The SMILES string of the molecule is CC1=Nc2oc(-c3ccc(C)cc3C)nc2C1. The first-order chi connectivity index (χ1) is 8.13. The molecular formula is C14H14N2O. The van der Waals surface area contributed by atoms with Gasteiger partial charge >= 0.3 is 0 Å². The summed E-state index contributed by atoms with van der Waals surface area (Å²) in [6.07, 6.45) is 0.809. The maximum Gasteiger partial charge on any atom is 0.243 e. The molecule has 0 N–H and O–H groups in total. The summed E-state index contributed by atoms with van der Waals surface area (Å²) in [5.74, 6) is 1.36. The zero-order valence-corrected chi connectivity index (χ0v) is 10.2. The van der Waals surface area contributed by atoms with Crippen molar-refractivity contribution in [2.45, 2.75) is 27.2 Å². The number of hydrogen-bond acceptors (Lipinski definition) is 3. The van der Waals surface area contributed by atoms with Crippen LogP contribution in [0, 0.1) is 13.8 Å². The molecule has 3 nitrogen and oxygen atoms in total. The Morgan fingerprint density at radius 2 is 2.00 bits per heavy atom. The summed E-state index contributed by atoms with van der Waals surface area (Å²) in [7, 11) is 0. The van der Waals surface area contributed by atoms with Crippen molar-refractivity contribution in [3.63, 3.8) is 0 Å². The Labute approximate surface area is 100 Å². The molecule has 0 fully saturated rings. The molecule has 0 saturated heterocycles. The van der Waals surface area contributed by atoms with E-state index >= 15 is 0 Å². The van der Waals surface area contributed by atoms with Crippen LogP contribution in [0.5, 0.6) is 0 Å². The first-order valence-corrected chi connectivity index (χ1v) is 5.75. The molecule has 86 valence electrons. The molecule has 0 bridgehead atoms. The molecule has 2 aromatic rings. The zero-order valence-electron chi connectivity index (χ0n) is 10.2. The molecule has 1 aliphatic heterocycles. The van der Waals surface area contributed by atoms with Crippen LogP contribution in [0.2, 0.25) is 0 Å². The standard InChI is InChI=1S/C14H14N2O/c1-8-4-5-11(9(2)6-8)13-16-12-7-10(3)15-14(12)17-13/h4-6H,7H2,1-3H3. The number of rotatable bonds is 1. The Morgan fingerprint density at radius 3 is 2.71 bits per heavy atom. The fourth-order valence-electron chi connectivity index (χ4n) is 2.17. The summed E-state index contributed by atoms with van der Waals surface area (Å²) >= 11 is 0. The van der Waals surface area contributed by atoms with Crippen LogP contribution in [0.15, 0.2) is 27.6 Å². The number of aromatic nitrogens is 1. The van der Waals surface area contributed by atoms with Crippen LogP contribution >= 0.6 is 0 Å². The Morgan fingerprint density at radius 1 is 1.18 bits per heavy atom. The number of fused-ring (bicyclic) bond motifs is 1. The predicted octanol–water partition coefficient (Wildman–Crippen LogP) is 3.61. The van der Waals surface area contributed by atoms with Crippen molar-refractivity contribution in [3.05, 3.63) is 35.0 Å². The van der Waals surface area contributed by atoms with Crippen LogP contribution in [0.3, 0.4) is 0 Å². The fourth-order valence-corrected chi connectivity index (χ4v) is 2.17. The maximum atomic E-state index is 5.70. The summed E-state index contributed by atoms with van der Waals surface area (Å²) in [5, 5.41) is 0. The van der Waals surface area contributed by atoms with Gasteiger partial charge in [-0.15, -0.1) is 0 Å². The van der Waals surface area contributed by atoms with Gasteiger partial charge in [0, 0.05) is 17.7 Å². The van der Waals surface area contributed by atoms with Crippen LogP contribution in [0.4, 0.5) is 5.88 Å². The lowest BCUT2D eigenvalue weighted by atomic mass is 10.1. The normalized spacial score (nSPS) is 13.7. The molecule has 0 aliphatic carbocycles. The average Bonchev–Trinajstić information content (AvgIpc) is 2.74. The van der Waals surface area contributed by atoms with E-state index in [0.29, 0.717) is 11.8 Å². The monoisotopic (exact) mass is 226 g/mol. The molecule has 1 aromatic heterocycles. The van der Waals surface area contributed by atoms with E-state index in [1.165, 1.54) is 11.1 Å². The third-order valence-electron chi connectivity index (χ3n) is 3.00. The van der Waals surface area contributed by atoms with Gasteiger partial charge in [0.2, 0.25) is 11.8 Å².